The highest BCUT2D eigenvalue weighted by atomic mass is 16.4. The summed E-state index contributed by atoms with van der Waals surface area (Å²) in [4.78, 5) is 11.8. The minimum atomic E-state index is -0.306. The van der Waals surface area contributed by atoms with Gasteiger partial charge in [-0.2, -0.15) is 0 Å². The number of nitrogen functional groups attached to an aromatic ring is 1. The second kappa shape index (κ2) is 3.63. The number of rotatable bonds is 0. The summed E-state index contributed by atoms with van der Waals surface area (Å²) in [5.74, 6) is 0.408. The molecule has 0 spiro atoms. The zero-order valence-electron chi connectivity index (χ0n) is 11.4. The van der Waals surface area contributed by atoms with Gasteiger partial charge in [-0.25, -0.2) is 4.79 Å². The van der Waals surface area contributed by atoms with Crippen LogP contribution in [0.3, 0.4) is 0 Å². The molecular weight excluding hydrogens is 242 g/mol. The van der Waals surface area contributed by atoms with E-state index < -0.39 is 0 Å². The molecule has 2 heterocycles. The average molecular weight is 257 g/mol. The number of benzene rings is 1. The minimum Gasteiger partial charge on any atom is -0.441 e. The van der Waals surface area contributed by atoms with Gasteiger partial charge in [-0.3, -0.25) is 0 Å². The molecule has 0 amide bonds. The summed E-state index contributed by atoms with van der Waals surface area (Å²) in [5.41, 5.74) is 10.3. The fraction of sp³-hybridized carbons (Fsp3) is 0.267. The van der Waals surface area contributed by atoms with Crippen LogP contribution in [0.2, 0.25) is 0 Å². The van der Waals surface area contributed by atoms with Crippen molar-refractivity contribution in [2.45, 2.75) is 27.7 Å². The Morgan fingerprint density at radius 3 is 2.11 bits per heavy atom. The van der Waals surface area contributed by atoms with E-state index in [2.05, 4.69) is 0 Å². The molecule has 3 rings (SSSR count). The third-order valence-corrected chi connectivity index (χ3v) is 3.92. The highest BCUT2D eigenvalue weighted by molar-refractivity contribution is 6.02. The van der Waals surface area contributed by atoms with Gasteiger partial charge in [-0.1, -0.05) is 0 Å². The zero-order valence-corrected chi connectivity index (χ0v) is 11.4. The van der Waals surface area contributed by atoms with Gasteiger partial charge >= 0.3 is 5.63 Å². The first kappa shape index (κ1) is 11.8. The first-order valence-corrected chi connectivity index (χ1v) is 6.14. The second-order valence-electron chi connectivity index (χ2n) is 4.98. The van der Waals surface area contributed by atoms with Crippen molar-refractivity contribution in [3.63, 3.8) is 0 Å². The SMILES string of the molecule is Cc1c(C)c2c(C)c3c(C)c(N)oc3cc2oc1=O. The highest BCUT2D eigenvalue weighted by Crippen LogP contribution is 2.35. The number of fused-ring (bicyclic) bond motifs is 2. The van der Waals surface area contributed by atoms with E-state index >= 15 is 0 Å². The van der Waals surface area contributed by atoms with Crippen LogP contribution in [0.5, 0.6) is 0 Å². The molecule has 0 atom stereocenters. The van der Waals surface area contributed by atoms with E-state index in [1.807, 2.05) is 20.8 Å². The van der Waals surface area contributed by atoms with Crippen LogP contribution >= 0.6 is 0 Å². The summed E-state index contributed by atoms with van der Waals surface area (Å²) in [6, 6.07) is 1.74. The lowest BCUT2D eigenvalue weighted by atomic mass is 9.98. The van der Waals surface area contributed by atoms with Gasteiger partial charge in [0.15, 0.2) is 5.88 Å². The van der Waals surface area contributed by atoms with Crippen LogP contribution in [0.4, 0.5) is 5.88 Å². The molecule has 4 nitrogen and oxygen atoms in total. The average Bonchev–Trinajstić information content (AvgIpc) is 2.62. The molecule has 0 aliphatic rings. The summed E-state index contributed by atoms with van der Waals surface area (Å²) in [6.07, 6.45) is 0. The largest absolute Gasteiger partial charge is 0.441 e. The van der Waals surface area contributed by atoms with Gasteiger partial charge in [0.1, 0.15) is 11.2 Å². The lowest BCUT2D eigenvalue weighted by molar-refractivity contribution is 0.552. The third-order valence-electron chi connectivity index (χ3n) is 3.92. The predicted molar refractivity (Wildman–Crippen MR) is 75.6 cm³/mol. The molecular formula is C15H15NO3. The van der Waals surface area contributed by atoms with Crippen molar-refractivity contribution in [1.82, 2.24) is 0 Å². The molecule has 3 aromatic rings. The van der Waals surface area contributed by atoms with Gasteiger partial charge in [0, 0.05) is 28.0 Å². The summed E-state index contributed by atoms with van der Waals surface area (Å²) in [5, 5.41) is 1.97. The molecule has 4 heteroatoms. The standard InChI is InChI=1S/C15H15NO3/c1-6-7(2)15(17)19-11-5-10-13(8(3)12(6)11)9(4)14(16)18-10/h5H,16H2,1-4H3. The van der Waals surface area contributed by atoms with E-state index in [1.165, 1.54) is 0 Å². The van der Waals surface area contributed by atoms with Crippen LogP contribution in [0.15, 0.2) is 19.7 Å². The topological polar surface area (TPSA) is 69.4 Å². The zero-order chi connectivity index (χ0) is 13.9. The Bertz CT molecular complexity index is 884. The molecule has 19 heavy (non-hydrogen) atoms. The number of nitrogens with two attached hydrogens (primary N) is 1. The number of furan rings is 1. The van der Waals surface area contributed by atoms with Crippen molar-refractivity contribution in [2.75, 3.05) is 5.73 Å². The van der Waals surface area contributed by atoms with Gasteiger partial charge in [-0.15, -0.1) is 0 Å². The first-order valence-electron chi connectivity index (χ1n) is 6.14. The number of hydrogen-bond donors (Lipinski definition) is 1. The van der Waals surface area contributed by atoms with E-state index in [4.69, 9.17) is 14.6 Å². The molecule has 1 aromatic carbocycles. The molecule has 98 valence electrons. The van der Waals surface area contributed by atoms with Crippen LogP contribution in [0.25, 0.3) is 21.9 Å². The van der Waals surface area contributed by atoms with Crippen molar-refractivity contribution in [3.05, 3.63) is 38.7 Å². The Kier molecular flexibility index (Phi) is 2.26. The Morgan fingerprint density at radius 1 is 0.842 bits per heavy atom. The fourth-order valence-electron chi connectivity index (χ4n) is 2.69. The predicted octanol–water partition coefficient (Wildman–Crippen LogP) is 3.36. The van der Waals surface area contributed by atoms with Crippen molar-refractivity contribution in [3.8, 4) is 0 Å². The maximum absolute atomic E-state index is 11.8. The van der Waals surface area contributed by atoms with Crippen molar-refractivity contribution < 1.29 is 8.83 Å². The van der Waals surface area contributed by atoms with E-state index in [0.29, 0.717) is 22.6 Å². The monoisotopic (exact) mass is 257 g/mol. The molecule has 0 aliphatic carbocycles. The lowest BCUT2D eigenvalue weighted by Crippen LogP contribution is -2.06. The second-order valence-corrected chi connectivity index (χ2v) is 4.98. The summed E-state index contributed by atoms with van der Waals surface area (Å²) >= 11 is 0. The highest BCUT2D eigenvalue weighted by Gasteiger charge is 2.17. The summed E-state index contributed by atoms with van der Waals surface area (Å²) < 4.78 is 10.9. The molecule has 0 fully saturated rings. The van der Waals surface area contributed by atoms with Crippen molar-refractivity contribution in [2.24, 2.45) is 0 Å². The van der Waals surface area contributed by atoms with Crippen LogP contribution in [-0.4, -0.2) is 0 Å². The normalized spacial score (nSPS) is 11.6. The molecule has 0 radical (unpaired) electrons. The lowest BCUT2D eigenvalue weighted by Gasteiger charge is -2.08. The van der Waals surface area contributed by atoms with Crippen molar-refractivity contribution >= 4 is 27.8 Å². The van der Waals surface area contributed by atoms with Gasteiger partial charge in [0.2, 0.25) is 0 Å². The maximum Gasteiger partial charge on any atom is 0.339 e. The molecule has 0 aliphatic heterocycles. The fourth-order valence-corrected chi connectivity index (χ4v) is 2.69. The van der Waals surface area contributed by atoms with Crippen LogP contribution in [0, 0.1) is 27.7 Å². The number of hydrogen-bond acceptors (Lipinski definition) is 4. The van der Waals surface area contributed by atoms with E-state index in [1.54, 1.807) is 13.0 Å². The van der Waals surface area contributed by atoms with Gasteiger partial charge in [0.05, 0.1) is 0 Å². The molecule has 2 N–H and O–H groups in total. The van der Waals surface area contributed by atoms with Gasteiger partial charge in [0.25, 0.3) is 0 Å². The quantitative estimate of drug-likeness (QED) is 0.627. The third kappa shape index (κ3) is 1.43. The van der Waals surface area contributed by atoms with E-state index in [9.17, 15) is 4.79 Å². The molecule has 0 saturated heterocycles. The summed E-state index contributed by atoms with van der Waals surface area (Å²) in [6.45, 7) is 7.65. The molecule has 0 unspecified atom stereocenters. The van der Waals surface area contributed by atoms with Gasteiger partial charge < -0.3 is 14.6 Å². The first-order chi connectivity index (χ1) is 8.91. The smallest absolute Gasteiger partial charge is 0.339 e. The summed E-state index contributed by atoms with van der Waals surface area (Å²) in [7, 11) is 0. The Hall–Kier alpha value is -2.23. The van der Waals surface area contributed by atoms with Crippen LogP contribution < -0.4 is 11.4 Å². The van der Waals surface area contributed by atoms with Crippen LogP contribution in [-0.2, 0) is 0 Å². The van der Waals surface area contributed by atoms with E-state index in [-0.39, 0.29) is 5.63 Å². The molecule has 0 saturated carbocycles. The van der Waals surface area contributed by atoms with Gasteiger partial charge in [-0.05, 0) is 38.8 Å². The molecule has 2 aromatic heterocycles. The minimum absolute atomic E-state index is 0.306. The number of aryl methyl sites for hydroxylation is 3. The Balaban J connectivity index is 2.66. The Labute approximate surface area is 109 Å². The van der Waals surface area contributed by atoms with Crippen molar-refractivity contribution in [1.29, 1.82) is 0 Å². The van der Waals surface area contributed by atoms with Crippen LogP contribution in [0.1, 0.15) is 22.3 Å². The number of anilines is 1. The molecule has 0 bridgehead atoms. The Morgan fingerprint density at radius 2 is 1.42 bits per heavy atom. The van der Waals surface area contributed by atoms with E-state index in [0.717, 1.165) is 27.5 Å². The maximum atomic E-state index is 11.8.